The van der Waals surface area contributed by atoms with Crippen LogP contribution in [-0.2, 0) is 10.0 Å². The van der Waals surface area contributed by atoms with Crippen molar-refractivity contribution in [3.63, 3.8) is 0 Å². The third-order valence-corrected chi connectivity index (χ3v) is 4.51. The number of rotatable bonds is 4. The summed E-state index contributed by atoms with van der Waals surface area (Å²) in [5.41, 5.74) is 6.10. The van der Waals surface area contributed by atoms with E-state index in [0.717, 1.165) is 6.07 Å². The van der Waals surface area contributed by atoms with Crippen molar-refractivity contribution >= 4 is 21.4 Å². The van der Waals surface area contributed by atoms with E-state index in [-0.39, 0.29) is 16.3 Å². The first-order valence-electron chi connectivity index (χ1n) is 6.06. The summed E-state index contributed by atoms with van der Waals surface area (Å²) in [4.78, 5) is -0.0628. The second kappa shape index (κ2) is 5.61. The van der Waals surface area contributed by atoms with Gasteiger partial charge in [0.2, 0.25) is 0 Å². The molecule has 0 spiro atoms. The lowest BCUT2D eigenvalue weighted by atomic mass is 10.2. The number of nitrogen functional groups attached to an aromatic ring is 1. The summed E-state index contributed by atoms with van der Waals surface area (Å²) < 4.78 is 45.7. The van der Waals surface area contributed by atoms with Crippen LogP contribution in [0.15, 0.2) is 41.3 Å². The van der Waals surface area contributed by atoms with Gasteiger partial charge in [0.05, 0.1) is 18.5 Å². The average molecular weight is 310 g/mol. The minimum absolute atomic E-state index is 0.0628. The highest BCUT2D eigenvalue weighted by molar-refractivity contribution is 7.93. The second-order valence-corrected chi connectivity index (χ2v) is 6.06. The number of ether oxygens (including phenoxy) is 1. The van der Waals surface area contributed by atoms with Gasteiger partial charge in [0, 0.05) is 6.07 Å². The normalized spacial score (nSPS) is 11.2. The molecule has 0 atom stereocenters. The molecule has 0 radical (unpaired) electrons. The molecule has 0 amide bonds. The first-order valence-corrected chi connectivity index (χ1v) is 7.55. The van der Waals surface area contributed by atoms with E-state index in [4.69, 9.17) is 10.5 Å². The minimum Gasteiger partial charge on any atom is -0.497 e. The molecular weight excluding hydrogens is 295 g/mol. The van der Waals surface area contributed by atoms with E-state index in [1.807, 2.05) is 0 Å². The van der Waals surface area contributed by atoms with Crippen molar-refractivity contribution in [3.05, 3.63) is 47.8 Å². The third-order valence-electron chi connectivity index (χ3n) is 2.93. The molecule has 3 N–H and O–H groups in total. The van der Waals surface area contributed by atoms with Crippen LogP contribution in [0.25, 0.3) is 0 Å². The number of aryl methyl sites for hydroxylation is 1. The van der Waals surface area contributed by atoms with Gasteiger partial charge < -0.3 is 10.5 Å². The van der Waals surface area contributed by atoms with Crippen LogP contribution in [0.4, 0.5) is 15.8 Å². The Balaban J connectivity index is 2.47. The monoisotopic (exact) mass is 310 g/mol. The number of nitrogens with two attached hydrogens (primary N) is 1. The summed E-state index contributed by atoms with van der Waals surface area (Å²) in [6.07, 6.45) is 0. The second-order valence-electron chi connectivity index (χ2n) is 4.44. The summed E-state index contributed by atoms with van der Waals surface area (Å²) >= 11 is 0. The molecule has 2 rings (SSSR count). The summed E-state index contributed by atoms with van der Waals surface area (Å²) in [5.74, 6) is -0.363. The van der Waals surface area contributed by atoms with Gasteiger partial charge in [-0.05, 0) is 30.7 Å². The summed E-state index contributed by atoms with van der Waals surface area (Å²) in [5, 5.41) is 0. The maximum Gasteiger partial charge on any atom is 0.264 e. The number of methoxy groups -OCH3 is 1. The Morgan fingerprint density at radius 3 is 2.57 bits per heavy atom. The van der Waals surface area contributed by atoms with E-state index in [9.17, 15) is 12.8 Å². The van der Waals surface area contributed by atoms with Crippen LogP contribution in [0.3, 0.4) is 0 Å². The Bertz CT molecular complexity index is 756. The summed E-state index contributed by atoms with van der Waals surface area (Å²) in [6, 6.07) is 8.53. The highest BCUT2D eigenvalue weighted by Crippen LogP contribution is 2.27. The van der Waals surface area contributed by atoms with Crippen molar-refractivity contribution in [2.24, 2.45) is 0 Å². The predicted molar refractivity (Wildman–Crippen MR) is 79.4 cm³/mol. The third kappa shape index (κ3) is 3.08. The van der Waals surface area contributed by atoms with Crippen LogP contribution in [0.1, 0.15) is 5.56 Å². The summed E-state index contributed by atoms with van der Waals surface area (Å²) in [7, 11) is -2.59. The Labute approximate surface area is 122 Å². The van der Waals surface area contributed by atoms with Crippen molar-refractivity contribution in [2.45, 2.75) is 11.8 Å². The number of sulfonamides is 1. The van der Waals surface area contributed by atoms with Gasteiger partial charge >= 0.3 is 0 Å². The maximum atomic E-state index is 13.7. The fourth-order valence-electron chi connectivity index (χ4n) is 1.95. The van der Waals surface area contributed by atoms with Crippen LogP contribution in [0.2, 0.25) is 0 Å². The standard InChI is InChI=1S/C14H15FN2O3S/c1-9-4-3-5-12(16)14(9)21(18,19)17-13-8-10(20-2)6-7-11(13)15/h3-8,17H,16H2,1-2H3. The van der Waals surface area contributed by atoms with Crippen molar-refractivity contribution in [2.75, 3.05) is 17.6 Å². The molecule has 21 heavy (non-hydrogen) atoms. The van der Waals surface area contributed by atoms with Crippen LogP contribution in [0, 0.1) is 12.7 Å². The van der Waals surface area contributed by atoms with Crippen LogP contribution < -0.4 is 15.2 Å². The quantitative estimate of drug-likeness (QED) is 0.850. The Morgan fingerprint density at radius 2 is 1.95 bits per heavy atom. The van der Waals surface area contributed by atoms with Crippen LogP contribution in [-0.4, -0.2) is 15.5 Å². The van der Waals surface area contributed by atoms with Crippen molar-refractivity contribution in [1.29, 1.82) is 0 Å². The van der Waals surface area contributed by atoms with E-state index in [2.05, 4.69) is 4.72 Å². The first-order chi connectivity index (χ1) is 9.85. The average Bonchev–Trinajstić information content (AvgIpc) is 2.40. The molecule has 0 fully saturated rings. The van der Waals surface area contributed by atoms with Gasteiger partial charge in [0.15, 0.2) is 0 Å². The first kappa shape index (κ1) is 15.1. The van der Waals surface area contributed by atoms with Crippen LogP contribution >= 0.6 is 0 Å². The van der Waals surface area contributed by atoms with Gasteiger partial charge in [-0.2, -0.15) is 0 Å². The molecule has 0 aliphatic heterocycles. The number of anilines is 2. The number of benzene rings is 2. The molecule has 0 saturated carbocycles. The van der Waals surface area contributed by atoms with Gasteiger partial charge in [0.25, 0.3) is 10.0 Å². The molecule has 2 aromatic rings. The van der Waals surface area contributed by atoms with E-state index in [1.54, 1.807) is 19.1 Å². The predicted octanol–water partition coefficient (Wildman–Crippen LogP) is 2.53. The van der Waals surface area contributed by atoms with E-state index in [1.165, 1.54) is 25.3 Å². The fourth-order valence-corrected chi connectivity index (χ4v) is 3.37. The van der Waals surface area contributed by atoms with Gasteiger partial charge in [-0.15, -0.1) is 0 Å². The molecule has 0 unspecified atom stereocenters. The van der Waals surface area contributed by atoms with Gasteiger partial charge in [-0.1, -0.05) is 12.1 Å². The van der Waals surface area contributed by atoms with E-state index in [0.29, 0.717) is 11.3 Å². The Hall–Kier alpha value is -2.28. The van der Waals surface area contributed by atoms with Gasteiger partial charge in [-0.3, -0.25) is 4.72 Å². The van der Waals surface area contributed by atoms with Crippen LogP contribution in [0.5, 0.6) is 5.75 Å². The molecule has 0 aliphatic carbocycles. The molecule has 5 nitrogen and oxygen atoms in total. The number of hydrogen-bond donors (Lipinski definition) is 2. The van der Waals surface area contributed by atoms with Crippen molar-refractivity contribution < 1.29 is 17.5 Å². The minimum atomic E-state index is -3.99. The molecule has 2 aromatic carbocycles. The maximum absolute atomic E-state index is 13.7. The molecule has 7 heteroatoms. The molecule has 0 saturated heterocycles. The Kier molecular flexibility index (Phi) is 4.04. The highest BCUT2D eigenvalue weighted by Gasteiger charge is 2.21. The lowest BCUT2D eigenvalue weighted by Gasteiger charge is -2.13. The number of nitrogens with one attached hydrogen (secondary N) is 1. The largest absolute Gasteiger partial charge is 0.497 e. The molecule has 0 bridgehead atoms. The van der Waals surface area contributed by atoms with Gasteiger partial charge in [0.1, 0.15) is 16.5 Å². The fraction of sp³-hybridized carbons (Fsp3) is 0.143. The SMILES string of the molecule is COc1ccc(F)c(NS(=O)(=O)c2c(C)cccc2N)c1. The topological polar surface area (TPSA) is 81.4 Å². The highest BCUT2D eigenvalue weighted by atomic mass is 32.2. The zero-order valence-electron chi connectivity index (χ0n) is 11.6. The number of halogens is 1. The van der Waals surface area contributed by atoms with E-state index >= 15 is 0 Å². The van der Waals surface area contributed by atoms with E-state index < -0.39 is 15.8 Å². The molecule has 0 heterocycles. The molecular formula is C14H15FN2O3S. The lowest BCUT2D eigenvalue weighted by molar-refractivity contribution is 0.414. The molecule has 0 aliphatic rings. The van der Waals surface area contributed by atoms with Crippen molar-refractivity contribution in [3.8, 4) is 5.75 Å². The molecule has 112 valence electrons. The zero-order valence-corrected chi connectivity index (χ0v) is 12.4. The summed E-state index contributed by atoms with van der Waals surface area (Å²) in [6.45, 7) is 1.62. The Morgan fingerprint density at radius 1 is 1.24 bits per heavy atom. The number of hydrogen-bond acceptors (Lipinski definition) is 4. The molecule has 0 aromatic heterocycles. The lowest BCUT2D eigenvalue weighted by Crippen LogP contribution is -2.17. The smallest absolute Gasteiger partial charge is 0.264 e. The van der Waals surface area contributed by atoms with Crippen molar-refractivity contribution in [1.82, 2.24) is 0 Å². The zero-order chi connectivity index (χ0) is 15.6. The van der Waals surface area contributed by atoms with Gasteiger partial charge in [-0.25, -0.2) is 12.8 Å².